The number of amides is 4. The minimum absolute atomic E-state index is 0.0197. The summed E-state index contributed by atoms with van der Waals surface area (Å²) in [4.78, 5) is 38.8. The zero-order valence-corrected chi connectivity index (χ0v) is 18.6. The van der Waals surface area contributed by atoms with Crippen molar-refractivity contribution in [1.82, 2.24) is 10.2 Å². The number of nitrogens with one attached hydrogen (secondary N) is 1. The van der Waals surface area contributed by atoms with Crippen molar-refractivity contribution in [2.45, 2.75) is 44.8 Å². The highest BCUT2D eigenvalue weighted by Gasteiger charge is 2.40. The number of halogens is 1. The molecule has 31 heavy (non-hydrogen) atoms. The molecule has 4 amide bonds. The Kier molecular flexibility index (Phi) is 6.51. The van der Waals surface area contributed by atoms with Gasteiger partial charge in [-0.25, -0.2) is 4.79 Å². The van der Waals surface area contributed by atoms with Crippen molar-refractivity contribution in [2.24, 2.45) is 0 Å². The summed E-state index contributed by atoms with van der Waals surface area (Å²) >= 11 is 3.41. The lowest BCUT2D eigenvalue weighted by atomic mass is 9.93. The average Bonchev–Trinajstić information content (AvgIpc) is 2.78. The van der Waals surface area contributed by atoms with Crippen molar-refractivity contribution >= 4 is 39.9 Å². The molecule has 2 fully saturated rings. The molecule has 0 radical (unpaired) electrons. The summed E-state index contributed by atoms with van der Waals surface area (Å²) in [5.41, 5.74) is 1.72. The number of hydrogen-bond acceptors (Lipinski definition) is 4. The van der Waals surface area contributed by atoms with E-state index in [-0.39, 0.29) is 11.6 Å². The van der Waals surface area contributed by atoms with Crippen LogP contribution in [0.25, 0.3) is 6.08 Å². The summed E-state index contributed by atoms with van der Waals surface area (Å²) in [6.45, 7) is 0.438. The van der Waals surface area contributed by atoms with E-state index in [1.165, 1.54) is 11.0 Å². The van der Waals surface area contributed by atoms with E-state index in [9.17, 15) is 14.4 Å². The van der Waals surface area contributed by atoms with Crippen LogP contribution >= 0.6 is 15.9 Å². The van der Waals surface area contributed by atoms with Crippen LogP contribution in [0.15, 0.2) is 58.6 Å². The molecule has 0 unspecified atom stereocenters. The molecule has 160 valence electrons. The molecule has 4 rings (SSSR count). The average molecular weight is 483 g/mol. The number of urea groups is 1. The van der Waals surface area contributed by atoms with Gasteiger partial charge in [0, 0.05) is 10.5 Å². The molecule has 2 aliphatic rings. The largest absolute Gasteiger partial charge is 0.489 e. The van der Waals surface area contributed by atoms with Crippen LogP contribution < -0.4 is 10.1 Å². The monoisotopic (exact) mass is 482 g/mol. The van der Waals surface area contributed by atoms with Crippen molar-refractivity contribution < 1.29 is 19.1 Å². The normalized spacial score (nSPS) is 18.9. The zero-order chi connectivity index (χ0) is 21.8. The third kappa shape index (κ3) is 5.05. The molecule has 1 aliphatic carbocycles. The van der Waals surface area contributed by atoms with E-state index >= 15 is 0 Å². The first kappa shape index (κ1) is 21.3. The van der Waals surface area contributed by atoms with Crippen molar-refractivity contribution in [3.8, 4) is 5.75 Å². The molecule has 0 bridgehead atoms. The Morgan fingerprint density at radius 3 is 2.32 bits per heavy atom. The summed E-state index contributed by atoms with van der Waals surface area (Å²) in [5, 5.41) is 2.31. The molecule has 2 aromatic rings. The van der Waals surface area contributed by atoms with Gasteiger partial charge >= 0.3 is 6.03 Å². The second-order valence-corrected chi connectivity index (χ2v) is 8.68. The Balaban J connectivity index is 1.46. The van der Waals surface area contributed by atoms with Gasteiger partial charge in [-0.05, 0) is 54.3 Å². The van der Waals surface area contributed by atoms with Gasteiger partial charge < -0.3 is 4.74 Å². The number of barbiturate groups is 1. The fourth-order valence-corrected chi connectivity index (χ4v) is 4.18. The lowest BCUT2D eigenvalue weighted by molar-refractivity contribution is -0.132. The topological polar surface area (TPSA) is 75.7 Å². The number of imide groups is 2. The molecule has 0 spiro atoms. The highest BCUT2D eigenvalue weighted by Crippen LogP contribution is 2.26. The van der Waals surface area contributed by atoms with Gasteiger partial charge in [-0.2, -0.15) is 0 Å². The van der Waals surface area contributed by atoms with Crippen molar-refractivity contribution in [1.29, 1.82) is 0 Å². The van der Waals surface area contributed by atoms with Crippen LogP contribution in [0.3, 0.4) is 0 Å². The van der Waals surface area contributed by atoms with Gasteiger partial charge in [0.2, 0.25) is 0 Å². The number of nitrogens with zero attached hydrogens (tertiary/aromatic N) is 1. The fraction of sp³-hybridized carbons (Fsp3) is 0.292. The lowest BCUT2D eigenvalue weighted by Crippen LogP contribution is -2.58. The van der Waals surface area contributed by atoms with E-state index in [1.54, 1.807) is 24.3 Å². The maximum absolute atomic E-state index is 12.9. The molecule has 2 aromatic carbocycles. The van der Waals surface area contributed by atoms with Gasteiger partial charge in [-0.1, -0.05) is 59.5 Å². The lowest BCUT2D eigenvalue weighted by Gasteiger charge is -2.35. The smallest absolute Gasteiger partial charge is 0.331 e. The van der Waals surface area contributed by atoms with E-state index in [0.29, 0.717) is 17.9 Å². The minimum atomic E-state index is -0.655. The van der Waals surface area contributed by atoms with E-state index < -0.39 is 17.8 Å². The quantitative estimate of drug-likeness (QED) is 0.489. The van der Waals surface area contributed by atoms with E-state index in [1.807, 2.05) is 24.3 Å². The summed E-state index contributed by atoms with van der Waals surface area (Å²) in [6.07, 6.45) is 6.17. The van der Waals surface area contributed by atoms with Crippen LogP contribution in [0.1, 0.15) is 43.2 Å². The Morgan fingerprint density at radius 2 is 1.65 bits per heavy atom. The standard InChI is InChI=1S/C24H23BrN2O4/c25-18-10-6-17(7-11-18)15-31-20-12-8-16(9-13-20)14-21-22(28)26-24(30)27(23(21)29)19-4-2-1-3-5-19/h6-14,19H,1-5,15H2,(H,26,28,30). The molecule has 1 N–H and O–H groups in total. The first-order chi connectivity index (χ1) is 15.0. The van der Waals surface area contributed by atoms with Crippen LogP contribution in [0.5, 0.6) is 5.75 Å². The molecular formula is C24H23BrN2O4. The highest BCUT2D eigenvalue weighted by atomic mass is 79.9. The van der Waals surface area contributed by atoms with E-state index in [2.05, 4.69) is 21.2 Å². The maximum atomic E-state index is 12.9. The van der Waals surface area contributed by atoms with E-state index in [4.69, 9.17) is 4.74 Å². The number of rotatable bonds is 5. The summed E-state index contributed by atoms with van der Waals surface area (Å²) in [5.74, 6) is -0.489. The summed E-state index contributed by atoms with van der Waals surface area (Å²) < 4.78 is 6.81. The number of benzene rings is 2. The number of hydrogen-bond donors (Lipinski definition) is 1. The molecule has 0 aromatic heterocycles. The minimum Gasteiger partial charge on any atom is -0.489 e. The van der Waals surface area contributed by atoms with Crippen LogP contribution in [-0.2, 0) is 16.2 Å². The fourth-order valence-electron chi connectivity index (χ4n) is 3.92. The molecular weight excluding hydrogens is 460 g/mol. The Hall–Kier alpha value is -2.93. The Bertz CT molecular complexity index is 1010. The molecule has 1 saturated heterocycles. The van der Waals surface area contributed by atoms with Gasteiger partial charge in [-0.3, -0.25) is 19.8 Å². The molecule has 1 saturated carbocycles. The van der Waals surface area contributed by atoms with Crippen LogP contribution in [0.4, 0.5) is 4.79 Å². The van der Waals surface area contributed by atoms with Gasteiger partial charge in [0.1, 0.15) is 17.9 Å². The van der Waals surface area contributed by atoms with Gasteiger partial charge in [0.15, 0.2) is 0 Å². The van der Waals surface area contributed by atoms with Crippen molar-refractivity contribution in [3.63, 3.8) is 0 Å². The third-order valence-electron chi connectivity index (χ3n) is 5.58. The molecule has 1 aliphatic heterocycles. The molecule has 7 heteroatoms. The predicted molar refractivity (Wildman–Crippen MR) is 120 cm³/mol. The second-order valence-electron chi connectivity index (χ2n) is 7.77. The van der Waals surface area contributed by atoms with Gasteiger partial charge in [-0.15, -0.1) is 0 Å². The first-order valence-electron chi connectivity index (χ1n) is 10.4. The number of carbonyl (C=O) groups excluding carboxylic acids is 3. The zero-order valence-electron chi connectivity index (χ0n) is 17.0. The third-order valence-corrected chi connectivity index (χ3v) is 6.11. The van der Waals surface area contributed by atoms with Crippen LogP contribution in [-0.4, -0.2) is 28.8 Å². The Labute approximate surface area is 189 Å². The van der Waals surface area contributed by atoms with E-state index in [0.717, 1.165) is 42.1 Å². The Morgan fingerprint density at radius 1 is 0.968 bits per heavy atom. The predicted octanol–water partition coefficient (Wildman–Crippen LogP) is 4.82. The van der Waals surface area contributed by atoms with Gasteiger partial charge in [0.05, 0.1) is 0 Å². The highest BCUT2D eigenvalue weighted by molar-refractivity contribution is 9.10. The van der Waals surface area contributed by atoms with Crippen molar-refractivity contribution in [3.05, 3.63) is 69.7 Å². The SMILES string of the molecule is O=C1NC(=O)N(C2CCCCC2)C(=O)C1=Cc1ccc(OCc2ccc(Br)cc2)cc1. The maximum Gasteiger partial charge on any atom is 0.331 e. The number of carbonyl (C=O) groups is 3. The molecule has 0 atom stereocenters. The second kappa shape index (κ2) is 9.47. The number of ether oxygens (including phenoxy) is 1. The van der Waals surface area contributed by atoms with Crippen LogP contribution in [0.2, 0.25) is 0 Å². The summed E-state index contributed by atoms with van der Waals surface area (Å²) in [6, 6.07) is 14.3. The molecule has 1 heterocycles. The summed E-state index contributed by atoms with van der Waals surface area (Å²) in [7, 11) is 0. The van der Waals surface area contributed by atoms with Crippen molar-refractivity contribution in [2.75, 3.05) is 0 Å². The first-order valence-corrected chi connectivity index (χ1v) is 11.2. The molecule has 6 nitrogen and oxygen atoms in total. The van der Waals surface area contributed by atoms with Crippen LogP contribution in [0, 0.1) is 0 Å². The van der Waals surface area contributed by atoms with Gasteiger partial charge in [0.25, 0.3) is 11.8 Å².